The third-order valence-corrected chi connectivity index (χ3v) is 4.28. The van der Waals surface area contributed by atoms with Gasteiger partial charge in [-0.15, -0.1) is 0 Å². The summed E-state index contributed by atoms with van der Waals surface area (Å²) in [4.78, 5) is 12.3. The molecule has 1 amide bonds. The largest absolute Gasteiger partial charge is 0.507 e. The minimum Gasteiger partial charge on any atom is -0.507 e. The highest BCUT2D eigenvalue weighted by atomic mass is 16.5. The first-order valence-corrected chi connectivity index (χ1v) is 9.05. The van der Waals surface area contributed by atoms with Gasteiger partial charge in [0.15, 0.2) is 0 Å². The normalized spacial score (nSPS) is 11.0. The van der Waals surface area contributed by atoms with Gasteiger partial charge in [-0.05, 0) is 48.9 Å². The molecule has 0 saturated carbocycles. The first-order chi connectivity index (χ1) is 14.1. The molecule has 148 valence electrons. The van der Waals surface area contributed by atoms with E-state index in [4.69, 9.17) is 9.47 Å². The summed E-state index contributed by atoms with van der Waals surface area (Å²) in [6.45, 7) is 2.12. The fourth-order valence-electron chi connectivity index (χ4n) is 2.64. The van der Waals surface area contributed by atoms with E-state index in [1.54, 1.807) is 31.2 Å². The fraction of sp³-hybridized carbons (Fsp3) is 0.130. The van der Waals surface area contributed by atoms with E-state index in [9.17, 15) is 9.90 Å². The van der Waals surface area contributed by atoms with Gasteiger partial charge in [0.25, 0.3) is 5.91 Å². The average molecular weight is 390 g/mol. The summed E-state index contributed by atoms with van der Waals surface area (Å²) in [5.41, 5.74) is 4.93. The predicted octanol–water partition coefficient (Wildman–Crippen LogP) is 4.13. The minimum absolute atomic E-state index is 0.0302. The van der Waals surface area contributed by atoms with Crippen LogP contribution in [0.3, 0.4) is 0 Å². The van der Waals surface area contributed by atoms with Gasteiger partial charge in [-0.25, -0.2) is 5.43 Å². The molecule has 3 aromatic carbocycles. The lowest BCUT2D eigenvalue weighted by Gasteiger charge is -2.08. The number of aromatic hydroxyl groups is 1. The lowest BCUT2D eigenvalue weighted by Crippen LogP contribution is -2.19. The van der Waals surface area contributed by atoms with E-state index >= 15 is 0 Å². The highest BCUT2D eigenvalue weighted by Crippen LogP contribution is 2.23. The second-order valence-electron chi connectivity index (χ2n) is 6.32. The number of benzene rings is 3. The Morgan fingerprint density at radius 2 is 1.72 bits per heavy atom. The number of amides is 1. The van der Waals surface area contributed by atoms with Gasteiger partial charge >= 0.3 is 0 Å². The maximum Gasteiger partial charge on any atom is 0.271 e. The number of phenolic OH excluding ortho intramolecular Hbond substituents is 1. The molecular weight excluding hydrogens is 368 g/mol. The van der Waals surface area contributed by atoms with Crippen LogP contribution in [-0.2, 0) is 6.61 Å². The quantitative estimate of drug-likeness (QED) is 0.469. The van der Waals surface area contributed by atoms with Gasteiger partial charge in [0.2, 0.25) is 0 Å². The number of phenols is 1. The molecule has 0 aliphatic carbocycles. The number of hydrazone groups is 1. The highest BCUT2D eigenvalue weighted by Gasteiger charge is 2.09. The molecule has 0 atom stereocenters. The molecule has 3 rings (SSSR count). The van der Waals surface area contributed by atoms with Gasteiger partial charge in [0, 0.05) is 17.2 Å². The van der Waals surface area contributed by atoms with Crippen LogP contribution in [0.5, 0.6) is 17.2 Å². The second-order valence-corrected chi connectivity index (χ2v) is 6.32. The standard InChI is InChI=1S/C23H22N2O4/c1-16(21-13-12-20(28-2)14-22(21)26)24-25-23(27)18-10-8-17(9-11-18)15-29-19-6-4-3-5-7-19/h3-14,26H,15H2,1-2H3,(H,25,27)/b24-16+. The Balaban J connectivity index is 1.59. The Morgan fingerprint density at radius 1 is 1.00 bits per heavy atom. The lowest BCUT2D eigenvalue weighted by molar-refractivity contribution is 0.0954. The zero-order chi connectivity index (χ0) is 20.6. The van der Waals surface area contributed by atoms with Crippen molar-refractivity contribution in [2.45, 2.75) is 13.5 Å². The van der Waals surface area contributed by atoms with E-state index in [1.165, 1.54) is 13.2 Å². The first kappa shape index (κ1) is 19.9. The van der Waals surface area contributed by atoms with E-state index in [2.05, 4.69) is 10.5 Å². The Hall–Kier alpha value is -3.80. The Labute approximate surface area is 169 Å². The topological polar surface area (TPSA) is 80.2 Å². The maximum atomic E-state index is 12.3. The van der Waals surface area contributed by atoms with Crippen molar-refractivity contribution in [3.05, 3.63) is 89.5 Å². The molecule has 0 bridgehead atoms. The van der Waals surface area contributed by atoms with Crippen LogP contribution in [0.4, 0.5) is 0 Å². The number of methoxy groups -OCH3 is 1. The summed E-state index contributed by atoms with van der Waals surface area (Å²) in [7, 11) is 1.52. The van der Waals surface area contributed by atoms with Crippen LogP contribution in [0.1, 0.15) is 28.4 Å². The van der Waals surface area contributed by atoms with E-state index in [0.717, 1.165) is 11.3 Å². The summed E-state index contributed by atoms with van der Waals surface area (Å²) in [5.74, 6) is 1.02. The van der Waals surface area contributed by atoms with Crippen LogP contribution >= 0.6 is 0 Å². The summed E-state index contributed by atoms with van der Waals surface area (Å²) in [5, 5.41) is 14.1. The van der Waals surface area contributed by atoms with Gasteiger partial charge < -0.3 is 14.6 Å². The summed E-state index contributed by atoms with van der Waals surface area (Å²) in [6.07, 6.45) is 0. The predicted molar refractivity (Wildman–Crippen MR) is 112 cm³/mol. The highest BCUT2D eigenvalue weighted by molar-refractivity contribution is 6.02. The number of hydrogen-bond donors (Lipinski definition) is 2. The number of carbonyl (C=O) groups excluding carboxylic acids is 1. The Kier molecular flexibility index (Phi) is 6.47. The zero-order valence-electron chi connectivity index (χ0n) is 16.3. The maximum absolute atomic E-state index is 12.3. The Bertz CT molecular complexity index is 999. The number of carbonyl (C=O) groups is 1. The number of hydrogen-bond acceptors (Lipinski definition) is 5. The number of nitrogens with zero attached hydrogens (tertiary/aromatic N) is 1. The van der Waals surface area contributed by atoms with Crippen molar-refractivity contribution in [1.29, 1.82) is 0 Å². The van der Waals surface area contributed by atoms with Crippen LogP contribution in [0.15, 0.2) is 77.9 Å². The van der Waals surface area contributed by atoms with E-state index in [-0.39, 0.29) is 11.7 Å². The Morgan fingerprint density at radius 3 is 2.38 bits per heavy atom. The van der Waals surface area contributed by atoms with Crippen molar-refractivity contribution in [2.75, 3.05) is 7.11 Å². The molecule has 6 heteroatoms. The molecule has 0 saturated heterocycles. The van der Waals surface area contributed by atoms with Crippen molar-refractivity contribution in [3.8, 4) is 17.2 Å². The lowest BCUT2D eigenvalue weighted by atomic mass is 10.1. The number of para-hydroxylation sites is 1. The van der Waals surface area contributed by atoms with E-state index < -0.39 is 0 Å². The molecule has 0 aromatic heterocycles. The summed E-state index contributed by atoms with van der Waals surface area (Å²) in [6, 6.07) is 21.5. The molecule has 2 N–H and O–H groups in total. The number of nitrogens with one attached hydrogen (secondary N) is 1. The van der Waals surface area contributed by atoms with Crippen molar-refractivity contribution in [2.24, 2.45) is 5.10 Å². The SMILES string of the molecule is COc1ccc(/C(C)=N/NC(=O)c2ccc(COc3ccccc3)cc2)c(O)c1. The molecule has 0 fully saturated rings. The molecule has 3 aromatic rings. The molecular formula is C23H22N2O4. The average Bonchev–Trinajstić information content (AvgIpc) is 2.76. The van der Waals surface area contributed by atoms with Crippen LogP contribution in [0, 0.1) is 0 Å². The number of rotatable bonds is 7. The van der Waals surface area contributed by atoms with E-state index in [0.29, 0.717) is 29.2 Å². The third kappa shape index (κ3) is 5.35. The molecule has 0 unspecified atom stereocenters. The van der Waals surface area contributed by atoms with Gasteiger partial charge in [-0.3, -0.25) is 4.79 Å². The molecule has 0 aliphatic heterocycles. The van der Waals surface area contributed by atoms with E-state index in [1.807, 2.05) is 42.5 Å². The molecule has 6 nitrogen and oxygen atoms in total. The van der Waals surface area contributed by atoms with Gasteiger partial charge in [-0.1, -0.05) is 30.3 Å². The minimum atomic E-state index is -0.340. The monoisotopic (exact) mass is 390 g/mol. The summed E-state index contributed by atoms with van der Waals surface area (Å²) >= 11 is 0. The molecule has 0 radical (unpaired) electrons. The van der Waals surface area contributed by atoms with Crippen LogP contribution in [0.25, 0.3) is 0 Å². The summed E-state index contributed by atoms with van der Waals surface area (Å²) < 4.78 is 10.8. The number of ether oxygens (including phenoxy) is 2. The van der Waals surface area contributed by atoms with Crippen LogP contribution in [-0.4, -0.2) is 23.8 Å². The van der Waals surface area contributed by atoms with Crippen molar-refractivity contribution in [3.63, 3.8) is 0 Å². The molecule has 0 spiro atoms. The van der Waals surface area contributed by atoms with Crippen LogP contribution < -0.4 is 14.9 Å². The van der Waals surface area contributed by atoms with Crippen molar-refractivity contribution >= 4 is 11.6 Å². The van der Waals surface area contributed by atoms with Gasteiger partial charge in [0.1, 0.15) is 23.9 Å². The smallest absolute Gasteiger partial charge is 0.271 e. The van der Waals surface area contributed by atoms with Crippen LogP contribution in [0.2, 0.25) is 0 Å². The third-order valence-electron chi connectivity index (χ3n) is 4.28. The fourth-order valence-corrected chi connectivity index (χ4v) is 2.64. The zero-order valence-corrected chi connectivity index (χ0v) is 16.3. The molecule has 0 aliphatic rings. The van der Waals surface area contributed by atoms with Crippen molar-refractivity contribution < 1.29 is 19.4 Å². The van der Waals surface area contributed by atoms with Gasteiger partial charge in [-0.2, -0.15) is 5.10 Å². The van der Waals surface area contributed by atoms with Gasteiger partial charge in [0.05, 0.1) is 12.8 Å². The first-order valence-electron chi connectivity index (χ1n) is 9.05. The molecule has 29 heavy (non-hydrogen) atoms. The van der Waals surface area contributed by atoms with Crippen molar-refractivity contribution in [1.82, 2.24) is 5.43 Å². The molecule has 0 heterocycles. The second kappa shape index (κ2) is 9.41.